The molecule has 1 atom stereocenters. The normalized spacial score (nSPS) is 12.7. The molecule has 1 aromatic carbocycles. The van der Waals surface area contributed by atoms with Gasteiger partial charge in [-0.1, -0.05) is 0 Å². The first kappa shape index (κ1) is 14.3. The summed E-state index contributed by atoms with van der Waals surface area (Å²) in [6, 6.07) is 4.79. The van der Waals surface area contributed by atoms with E-state index in [1.165, 1.54) is 6.92 Å². The summed E-state index contributed by atoms with van der Waals surface area (Å²) in [5.74, 6) is -0.999. The first-order chi connectivity index (χ1) is 8.24. The predicted octanol–water partition coefficient (Wildman–Crippen LogP) is 3.33. The lowest BCUT2D eigenvalue weighted by Gasteiger charge is -2.12. The summed E-state index contributed by atoms with van der Waals surface area (Å²) in [5.41, 5.74) is 0.0214. The molecule has 0 bridgehead atoms. The molecule has 0 amide bonds. The van der Waals surface area contributed by atoms with Crippen LogP contribution in [0.15, 0.2) is 18.2 Å². The maximum Gasteiger partial charge on any atom is 0.573 e. The molecule has 1 unspecified atom stereocenters. The second-order valence-corrected chi connectivity index (χ2v) is 3.82. The van der Waals surface area contributed by atoms with Crippen LogP contribution < -0.4 is 4.74 Å². The summed E-state index contributed by atoms with van der Waals surface area (Å²) in [7, 11) is 0. The van der Waals surface area contributed by atoms with E-state index >= 15 is 0 Å². The Morgan fingerprint density at radius 2 is 2.11 bits per heavy atom. The van der Waals surface area contributed by atoms with Crippen molar-refractivity contribution in [3.63, 3.8) is 0 Å². The van der Waals surface area contributed by atoms with Crippen molar-refractivity contribution in [2.45, 2.75) is 18.7 Å². The van der Waals surface area contributed by atoms with E-state index in [-0.39, 0.29) is 11.1 Å². The van der Waals surface area contributed by atoms with Crippen LogP contribution in [-0.2, 0) is 4.79 Å². The molecule has 0 fully saturated rings. The van der Waals surface area contributed by atoms with Crippen molar-refractivity contribution in [1.29, 1.82) is 5.26 Å². The number of hydrogen-bond donors (Lipinski definition) is 0. The van der Waals surface area contributed by atoms with Gasteiger partial charge in [0, 0.05) is 0 Å². The van der Waals surface area contributed by atoms with Gasteiger partial charge in [-0.3, -0.25) is 4.79 Å². The Kier molecular flexibility index (Phi) is 4.19. The Morgan fingerprint density at radius 1 is 1.50 bits per heavy atom. The first-order valence-electron chi connectivity index (χ1n) is 4.69. The van der Waals surface area contributed by atoms with Crippen molar-refractivity contribution in [2.24, 2.45) is 0 Å². The van der Waals surface area contributed by atoms with Gasteiger partial charge in [0.2, 0.25) is 0 Å². The van der Waals surface area contributed by atoms with Crippen LogP contribution >= 0.6 is 11.6 Å². The van der Waals surface area contributed by atoms with Crippen LogP contribution in [0.1, 0.15) is 23.4 Å². The number of rotatable bonds is 3. The maximum absolute atomic E-state index is 12.0. The standard InChI is InChI=1S/C11H7ClF3NO2/c1-6(17)10(12)9-4-8(18-11(13,14)15)3-2-7(9)5-16/h2-4,10H,1H3. The molecule has 7 heteroatoms. The van der Waals surface area contributed by atoms with Gasteiger partial charge in [0.15, 0.2) is 5.78 Å². The number of benzene rings is 1. The number of halogens is 4. The molecule has 96 valence electrons. The second-order valence-electron chi connectivity index (χ2n) is 3.38. The smallest absolute Gasteiger partial charge is 0.406 e. The maximum atomic E-state index is 12.0. The van der Waals surface area contributed by atoms with Crippen molar-refractivity contribution in [3.05, 3.63) is 29.3 Å². The van der Waals surface area contributed by atoms with Crippen LogP contribution in [0.3, 0.4) is 0 Å². The fourth-order valence-electron chi connectivity index (χ4n) is 1.27. The van der Waals surface area contributed by atoms with Gasteiger partial charge < -0.3 is 4.74 Å². The average Bonchev–Trinajstić information content (AvgIpc) is 2.25. The molecule has 0 aliphatic heterocycles. The lowest BCUT2D eigenvalue weighted by Crippen LogP contribution is -2.17. The van der Waals surface area contributed by atoms with Crippen LogP contribution in [0.25, 0.3) is 0 Å². The van der Waals surface area contributed by atoms with Crippen LogP contribution in [0, 0.1) is 11.3 Å². The van der Waals surface area contributed by atoms with Gasteiger partial charge in [-0.2, -0.15) is 5.26 Å². The van der Waals surface area contributed by atoms with E-state index in [0.29, 0.717) is 0 Å². The Balaban J connectivity index is 3.19. The van der Waals surface area contributed by atoms with Crippen molar-refractivity contribution in [1.82, 2.24) is 0 Å². The highest BCUT2D eigenvalue weighted by Gasteiger charge is 2.31. The SMILES string of the molecule is CC(=O)C(Cl)c1cc(OC(F)(F)F)ccc1C#N. The number of nitriles is 1. The molecule has 0 spiro atoms. The number of hydrogen-bond acceptors (Lipinski definition) is 3. The van der Waals surface area contributed by atoms with E-state index < -0.39 is 23.3 Å². The number of Topliss-reactive ketones (excluding diaryl/α,β-unsaturated/α-hetero) is 1. The van der Waals surface area contributed by atoms with Gasteiger partial charge in [-0.05, 0) is 30.7 Å². The number of alkyl halides is 4. The predicted molar refractivity (Wildman–Crippen MR) is 57.1 cm³/mol. The first-order valence-corrected chi connectivity index (χ1v) is 5.12. The Morgan fingerprint density at radius 3 is 2.56 bits per heavy atom. The summed E-state index contributed by atoms with van der Waals surface area (Å²) in [6.07, 6.45) is -4.84. The third kappa shape index (κ3) is 3.64. The van der Waals surface area contributed by atoms with Crippen LogP contribution in [-0.4, -0.2) is 12.1 Å². The third-order valence-corrected chi connectivity index (χ3v) is 2.55. The summed E-state index contributed by atoms with van der Waals surface area (Å²) < 4.78 is 39.8. The number of carbonyl (C=O) groups excluding carboxylic acids is 1. The number of ketones is 1. The van der Waals surface area contributed by atoms with E-state index in [9.17, 15) is 18.0 Å². The average molecular weight is 278 g/mol. The van der Waals surface area contributed by atoms with E-state index in [1.54, 1.807) is 6.07 Å². The lowest BCUT2D eigenvalue weighted by molar-refractivity contribution is -0.274. The van der Waals surface area contributed by atoms with Gasteiger partial charge in [0.05, 0.1) is 11.6 Å². The van der Waals surface area contributed by atoms with Gasteiger partial charge in [0.25, 0.3) is 0 Å². The molecule has 0 aliphatic carbocycles. The monoisotopic (exact) mass is 277 g/mol. The molecular formula is C11H7ClF3NO2. The largest absolute Gasteiger partial charge is 0.573 e. The zero-order chi connectivity index (χ0) is 13.9. The quantitative estimate of drug-likeness (QED) is 0.796. The van der Waals surface area contributed by atoms with E-state index in [4.69, 9.17) is 16.9 Å². The van der Waals surface area contributed by atoms with Gasteiger partial charge in [0.1, 0.15) is 11.1 Å². The minimum atomic E-state index is -4.84. The molecule has 1 aromatic rings. The summed E-state index contributed by atoms with van der Waals surface area (Å²) in [6.45, 7) is 1.18. The van der Waals surface area contributed by atoms with Crippen molar-refractivity contribution in [3.8, 4) is 11.8 Å². The molecular weight excluding hydrogens is 271 g/mol. The third-order valence-electron chi connectivity index (χ3n) is 2.01. The van der Waals surface area contributed by atoms with Crippen molar-refractivity contribution in [2.75, 3.05) is 0 Å². The second kappa shape index (κ2) is 5.27. The highest BCUT2D eigenvalue weighted by molar-refractivity contribution is 6.31. The van der Waals surface area contributed by atoms with Crippen LogP contribution in [0.5, 0.6) is 5.75 Å². The fraction of sp³-hybridized carbons (Fsp3) is 0.273. The number of nitrogens with zero attached hydrogens (tertiary/aromatic N) is 1. The molecule has 0 saturated heterocycles. The molecule has 0 radical (unpaired) electrons. The van der Waals surface area contributed by atoms with Crippen LogP contribution in [0.2, 0.25) is 0 Å². The summed E-state index contributed by atoms with van der Waals surface area (Å²) >= 11 is 5.73. The molecule has 0 aliphatic rings. The minimum absolute atomic E-state index is 0.00610. The molecule has 0 saturated carbocycles. The molecule has 0 heterocycles. The molecule has 0 N–H and O–H groups in total. The van der Waals surface area contributed by atoms with Crippen molar-refractivity contribution < 1.29 is 22.7 Å². The highest BCUT2D eigenvalue weighted by atomic mass is 35.5. The lowest BCUT2D eigenvalue weighted by atomic mass is 10.0. The van der Waals surface area contributed by atoms with E-state index in [1.807, 2.05) is 0 Å². The van der Waals surface area contributed by atoms with Gasteiger partial charge in [-0.15, -0.1) is 24.8 Å². The summed E-state index contributed by atoms with van der Waals surface area (Å²) in [5, 5.41) is 7.61. The number of carbonyl (C=O) groups is 1. The molecule has 3 nitrogen and oxygen atoms in total. The zero-order valence-electron chi connectivity index (χ0n) is 9.08. The minimum Gasteiger partial charge on any atom is -0.406 e. The zero-order valence-corrected chi connectivity index (χ0v) is 9.84. The molecule has 1 rings (SSSR count). The van der Waals surface area contributed by atoms with Crippen LogP contribution in [0.4, 0.5) is 13.2 Å². The van der Waals surface area contributed by atoms with Crippen molar-refractivity contribution >= 4 is 17.4 Å². The highest BCUT2D eigenvalue weighted by Crippen LogP contribution is 2.30. The van der Waals surface area contributed by atoms with Gasteiger partial charge >= 0.3 is 6.36 Å². The van der Waals surface area contributed by atoms with E-state index in [0.717, 1.165) is 18.2 Å². The summed E-state index contributed by atoms with van der Waals surface area (Å²) in [4.78, 5) is 11.1. The Bertz CT molecular complexity index is 508. The topological polar surface area (TPSA) is 50.1 Å². The fourth-order valence-corrected chi connectivity index (χ4v) is 1.45. The number of ether oxygens (including phenoxy) is 1. The van der Waals surface area contributed by atoms with E-state index in [2.05, 4.69) is 4.74 Å². The van der Waals surface area contributed by atoms with Gasteiger partial charge in [-0.25, -0.2) is 0 Å². The molecule has 18 heavy (non-hydrogen) atoms. The Labute approximate surface area is 106 Å². The Hall–Kier alpha value is -1.74. The molecule has 0 aromatic heterocycles.